The van der Waals surface area contributed by atoms with Crippen LogP contribution in [0.3, 0.4) is 0 Å². The van der Waals surface area contributed by atoms with Crippen LogP contribution >= 0.6 is 6.72 Å². The van der Waals surface area contributed by atoms with Gasteiger partial charge in [0.05, 0.1) is 6.61 Å². The smallest absolute Gasteiger partial charge is 0.351 e. The first-order valence-corrected chi connectivity index (χ1v) is 10.0. The molecular formula is C13H20N3O6PS. The highest BCUT2D eigenvalue weighted by atomic mass is 32.5. The Balaban J connectivity index is 1.98. The molecular weight excluding hydrogens is 357 g/mol. The number of nitrogen functional groups attached to an aromatic ring is 1. The quantitative estimate of drug-likeness (QED) is 0.705. The van der Waals surface area contributed by atoms with Crippen molar-refractivity contribution in [3.8, 4) is 0 Å². The molecule has 2 saturated heterocycles. The molecule has 11 heteroatoms. The molecule has 1 aromatic rings. The maximum Gasteiger partial charge on any atom is 0.351 e. The second-order valence-corrected chi connectivity index (χ2v) is 8.78. The first-order valence-electron chi connectivity index (χ1n) is 7.44. The molecule has 0 aliphatic carbocycles. The van der Waals surface area contributed by atoms with Gasteiger partial charge in [-0.25, -0.2) is 4.79 Å². The van der Waals surface area contributed by atoms with Crippen molar-refractivity contribution in [3.05, 3.63) is 22.2 Å². The van der Waals surface area contributed by atoms with Crippen molar-refractivity contribution in [3.63, 3.8) is 0 Å². The number of hydrogen-bond donors (Lipinski definition) is 2. The van der Waals surface area contributed by atoms with Crippen LogP contribution in [0, 0.1) is 6.92 Å². The van der Waals surface area contributed by atoms with Gasteiger partial charge < -0.3 is 24.6 Å². The van der Waals surface area contributed by atoms with E-state index in [0.29, 0.717) is 12.0 Å². The average molecular weight is 377 g/mol. The van der Waals surface area contributed by atoms with E-state index in [1.165, 1.54) is 11.7 Å². The van der Waals surface area contributed by atoms with Gasteiger partial charge in [0.15, 0.2) is 6.23 Å². The number of aryl methyl sites for hydroxylation is 1. The van der Waals surface area contributed by atoms with Gasteiger partial charge >= 0.3 is 12.4 Å². The van der Waals surface area contributed by atoms with E-state index in [1.54, 1.807) is 13.1 Å². The molecule has 0 radical (unpaired) electrons. The summed E-state index contributed by atoms with van der Waals surface area (Å²) in [5.74, 6) is 0.170. The van der Waals surface area contributed by atoms with Gasteiger partial charge in [-0.1, -0.05) is 6.92 Å². The highest BCUT2D eigenvalue weighted by Crippen LogP contribution is 2.55. The SMILES string of the molecule is CCC12COC(C1OP(O)(=S)OC)[C@H](n1cc(C)c(N)nc1=O)O2. The van der Waals surface area contributed by atoms with E-state index >= 15 is 0 Å². The molecule has 2 aliphatic heterocycles. The molecule has 4 unspecified atom stereocenters. The number of nitrogens with zero attached hydrogens (tertiary/aromatic N) is 2. The van der Waals surface area contributed by atoms with E-state index in [4.69, 9.17) is 36.1 Å². The van der Waals surface area contributed by atoms with Crippen LogP contribution in [0.15, 0.2) is 11.0 Å². The zero-order valence-corrected chi connectivity index (χ0v) is 15.3. The van der Waals surface area contributed by atoms with Crippen molar-refractivity contribution in [1.82, 2.24) is 9.55 Å². The van der Waals surface area contributed by atoms with Gasteiger partial charge in [-0.3, -0.25) is 9.09 Å². The van der Waals surface area contributed by atoms with Crippen molar-refractivity contribution < 1.29 is 23.4 Å². The lowest BCUT2D eigenvalue weighted by atomic mass is 9.96. The Morgan fingerprint density at radius 2 is 2.38 bits per heavy atom. The summed E-state index contributed by atoms with van der Waals surface area (Å²) in [6, 6.07) is 0. The fourth-order valence-corrected chi connectivity index (χ4v) is 4.02. The molecule has 3 rings (SSSR count). The fraction of sp³-hybridized carbons (Fsp3) is 0.692. The third kappa shape index (κ3) is 2.82. The van der Waals surface area contributed by atoms with E-state index < -0.39 is 36.4 Å². The first kappa shape index (κ1) is 17.9. The number of hydrogen-bond acceptors (Lipinski definition) is 8. The van der Waals surface area contributed by atoms with E-state index in [-0.39, 0.29) is 12.4 Å². The van der Waals surface area contributed by atoms with E-state index in [0.717, 1.165) is 0 Å². The molecule has 2 fully saturated rings. The van der Waals surface area contributed by atoms with E-state index in [9.17, 15) is 9.69 Å². The van der Waals surface area contributed by atoms with Crippen LogP contribution in [-0.2, 0) is 30.3 Å². The minimum absolute atomic E-state index is 0.170. The molecule has 0 spiro atoms. The number of rotatable bonds is 5. The van der Waals surface area contributed by atoms with Gasteiger partial charge in [0.1, 0.15) is 23.6 Å². The highest BCUT2D eigenvalue weighted by molar-refractivity contribution is 8.07. The summed E-state index contributed by atoms with van der Waals surface area (Å²) >= 11 is 4.95. The molecule has 5 atom stereocenters. The minimum atomic E-state index is -3.41. The van der Waals surface area contributed by atoms with Gasteiger partial charge in [0.25, 0.3) is 0 Å². The molecule has 0 saturated carbocycles. The van der Waals surface area contributed by atoms with Crippen LogP contribution in [0.2, 0.25) is 0 Å². The summed E-state index contributed by atoms with van der Waals surface area (Å²) in [6.07, 6.45) is 0.130. The molecule has 2 bridgehead atoms. The normalized spacial score (nSPS) is 34.4. The lowest BCUT2D eigenvalue weighted by Gasteiger charge is -2.31. The van der Waals surface area contributed by atoms with Crippen molar-refractivity contribution >= 4 is 24.3 Å². The molecule has 24 heavy (non-hydrogen) atoms. The Kier molecular flexibility index (Phi) is 4.59. The summed E-state index contributed by atoms with van der Waals surface area (Å²) in [5, 5.41) is 0. The third-order valence-electron chi connectivity index (χ3n) is 4.50. The number of ether oxygens (including phenoxy) is 2. The summed E-state index contributed by atoms with van der Waals surface area (Å²) in [7, 11) is 1.28. The van der Waals surface area contributed by atoms with E-state index in [1.807, 2.05) is 6.92 Å². The summed E-state index contributed by atoms with van der Waals surface area (Å²) in [6.45, 7) is 0.527. The Morgan fingerprint density at radius 1 is 1.67 bits per heavy atom. The van der Waals surface area contributed by atoms with Crippen molar-refractivity contribution in [2.45, 2.75) is 44.3 Å². The molecule has 0 amide bonds. The van der Waals surface area contributed by atoms with Gasteiger partial charge in [-0.05, 0) is 25.2 Å². The van der Waals surface area contributed by atoms with Crippen molar-refractivity contribution in [2.75, 3.05) is 19.5 Å². The number of anilines is 1. The molecule has 0 aromatic carbocycles. The maximum atomic E-state index is 12.2. The van der Waals surface area contributed by atoms with Crippen LogP contribution in [-0.4, -0.2) is 46.0 Å². The van der Waals surface area contributed by atoms with Gasteiger partial charge in [0.2, 0.25) is 0 Å². The second kappa shape index (κ2) is 6.14. The molecule has 3 N–H and O–H groups in total. The van der Waals surface area contributed by atoms with Gasteiger partial charge in [-0.2, -0.15) is 4.98 Å². The summed E-state index contributed by atoms with van der Waals surface area (Å²) in [5.41, 5.74) is 4.96. The molecule has 134 valence electrons. The van der Waals surface area contributed by atoms with Gasteiger partial charge in [0, 0.05) is 18.9 Å². The molecule has 2 aliphatic rings. The Hall–Kier alpha value is -0.870. The Bertz CT molecular complexity index is 758. The standard InChI is InChI=1S/C13H20N3O6PS/c1-4-13-6-20-8(9(13)22-23(18,24)19-3)11(21-13)16-5-7(2)10(14)15-12(16)17/h5,8-9,11H,4,6H2,1-3H3,(H,18,24)(H2,14,15,17)/t8?,9?,11-,13?,23?/m1/s1. The number of fused-ring (bicyclic) bond motifs is 2. The number of aromatic nitrogens is 2. The first-order chi connectivity index (χ1) is 11.2. The largest absolute Gasteiger partial charge is 0.383 e. The predicted octanol–water partition coefficient (Wildman–Crippen LogP) is 0.459. The molecule has 3 heterocycles. The lowest BCUT2D eigenvalue weighted by Crippen LogP contribution is -2.41. The topological polar surface area (TPSA) is 118 Å². The summed E-state index contributed by atoms with van der Waals surface area (Å²) < 4.78 is 23.7. The van der Waals surface area contributed by atoms with Crippen LogP contribution in [0.1, 0.15) is 25.1 Å². The van der Waals surface area contributed by atoms with Crippen LogP contribution in [0.25, 0.3) is 0 Å². The minimum Gasteiger partial charge on any atom is -0.383 e. The second-order valence-electron chi connectivity index (χ2n) is 5.88. The van der Waals surface area contributed by atoms with E-state index in [2.05, 4.69) is 4.98 Å². The zero-order valence-electron chi connectivity index (χ0n) is 13.5. The van der Waals surface area contributed by atoms with Crippen LogP contribution in [0.5, 0.6) is 0 Å². The molecule has 1 aromatic heterocycles. The third-order valence-corrected chi connectivity index (χ3v) is 6.16. The maximum absolute atomic E-state index is 12.2. The number of nitrogens with two attached hydrogens (primary N) is 1. The molecule has 9 nitrogen and oxygen atoms in total. The highest BCUT2D eigenvalue weighted by Gasteiger charge is 2.63. The van der Waals surface area contributed by atoms with Crippen LogP contribution in [0.4, 0.5) is 5.82 Å². The monoisotopic (exact) mass is 377 g/mol. The Morgan fingerprint density at radius 3 is 3.00 bits per heavy atom. The summed E-state index contributed by atoms with van der Waals surface area (Å²) in [4.78, 5) is 26.0. The fourth-order valence-electron chi connectivity index (χ4n) is 3.05. The average Bonchev–Trinajstić information content (AvgIpc) is 3.03. The predicted molar refractivity (Wildman–Crippen MR) is 88.9 cm³/mol. The van der Waals surface area contributed by atoms with Crippen molar-refractivity contribution in [2.24, 2.45) is 0 Å². The van der Waals surface area contributed by atoms with Crippen molar-refractivity contribution in [1.29, 1.82) is 0 Å². The lowest BCUT2D eigenvalue weighted by molar-refractivity contribution is -0.175. The van der Waals surface area contributed by atoms with Crippen LogP contribution < -0.4 is 11.4 Å². The zero-order chi connectivity index (χ0) is 17.7. The Labute approximate surface area is 143 Å². The van der Waals surface area contributed by atoms with Gasteiger partial charge in [-0.15, -0.1) is 0 Å².